The zero-order valence-electron chi connectivity index (χ0n) is 10.9. The molecule has 0 radical (unpaired) electrons. The van der Waals surface area contributed by atoms with Crippen LogP contribution in [0.4, 0.5) is 0 Å². The lowest BCUT2D eigenvalue weighted by Gasteiger charge is -2.30. The lowest BCUT2D eigenvalue weighted by molar-refractivity contribution is 0.264. The van der Waals surface area contributed by atoms with Gasteiger partial charge in [-0.05, 0) is 38.8 Å². The van der Waals surface area contributed by atoms with Crippen LogP contribution >= 0.6 is 0 Å². The molecule has 1 aliphatic rings. The molecule has 1 N–H and O–H groups in total. The van der Waals surface area contributed by atoms with E-state index in [0.29, 0.717) is 19.0 Å². The van der Waals surface area contributed by atoms with Crippen molar-refractivity contribution in [3.05, 3.63) is 0 Å². The molecule has 1 rings (SSSR count). The second kappa shape index (κ2) is 6.31. The van der Waals surface area contributed by atoms with Gasteiger partial charge in [-0.3, -0.25) is 0 Å². The van der Waals surface area contributed by atoms with Gasteiger partial charge in [-0.2, -0.15) is 0 Å². The van der Waals surface area contributed by atoms with Crippen LogP contribution in [0.2, 0.25) is 0 Å². The van der Waals surface area contributed by atoms with E-state index in [4.69, 9.17) is 0 Å². The highest BCUT2D eigenvalue weighted by Gasteiger charge is 2.30. The summed E-state index contributed by atoms with van der Waals surface area (Å²) < 4.78 is 47.2. The summed E-state index contributed by atoms with van der Waals surface area (Å²) in [5.41, 5.74) is 0. The van der Waals surface area contributed by atoms with Crippen molar-refractivity contribution >= 4 is 19.9 Å². The van der Waals surface area contributed by atoms with Gasteiger partial charge in [0.05, 0.1) is 0 Å². The first-order valence-electron chi connectivity index (χ1n) is 6.05. The van der Waals surface area contributed by atoms with Crippen molar-refractivity contribution in [1.29, 1.82) is 0 Å². The second-order valence-electron chi connectivity index (χ2n) is 4.89. The molecule has 108 valence electrons. The molecule has 0 atom stereocenters. The van der Waals surface area contributed by atoms with Crippen LogP contribution < -0.4 is 5.32 Å². The standard InChI is InChI=1S/C10H22N2O4S2/c1-11-6-3-10-4-7-12(8-5-10)18(15,16)9-17(2,13)14/h10-11H,3-9H2,1-2H3. The minimum absolute atomic E-state index is 0.437. The van der Waals surface area contributed by atoms with Gasteiger partial charge in [-0.25, -0.2) is 21.1 Å². The van der Waals surface area contributed by atoms with E-state index in [2.05, 4.69) is 5.32 Å². The van der Waals surface area contributed by atoms with Crippen molar-refractivity contribution in [3.8, 4) is 0 Å². The first kappa shape index (κ1) is 15.9. The minimum atomic E-state index is -3.66. The zero-order chi connectivity index (χ0) is 13.8. The maximum atomic E-state index is 11.9. The van der Waals surface area contributed by atoms with Crippen LogP contribution in [0.3, 0.4) is 0 Å². The molecule has 6 nitrogen and oxygen atoms in total. The van der Waals surface area contributed by atoms with Crippen molar-refractivity contribution in [1.82, 2.24) is 9.62 Å². The van der Waals surface area contributed by atoms with E-state index in [0.717, 1.165) is 32.1 Å². The Labute approximate surface area is 110 Å². The summed E-state index contributed by atoms with van der Waals surface area (Å²) in [4.78, 5) is 0. The van der Waals surface area contributed by atoms with Gasteiger partial charge in [0.1, 0.15) is 0 Å². The molecule has 0 aromatic rings. The van der Waals surface area contributed by atoms with Gasteiger partial charge in [0, 0.05) is 19.3 Å². The highest BCUT2D eigenvalue weighted by Crippen LogP contribution is 2.22. The molecule has 1 heterocycles. The molecular formula is C10H22N2O4S2. The van der Waals surface area contributed by atoms with Gasteiger partial charge in [-0.1, -0.05) is 0 Å². The van der Waals surface area contributed by atoms with E-state index in [-0.39, 0.29) is 0 Å². The van der Waals surface area contributed by atoms with Crippen LogP contribution in [0, 0.1) is 5.92 Å². The first-order chi connectivity index (χ1) is 8.24. The fraction of sp³-hybridized carbons (Fsp3) is 1.00. The van der Waals surface area contributed by atoms with Gasteiger partial charge < -0.3 is 5.32 Å². The Morgan fingerprint density at radius 2 is 1.72 bits per heavy atom. The zero-order valence-corrected chi connectivity index (χ0v) is 12.6. The molecule has 0 aromatic heterocycles. The number of nitrogens with zero attached hydrogens (tertiary/aromatic N) is 1. The van der Waals surface area contributed by atoms with Crippen molar-refractivity contribution in [2.75, 3.05) is 38.0 Å². The van der Waals surface area contributed by atoms with Gasteiger partial charge >= 0.3 is 0 Å². The number of hydrogen-bond donors (Lipinski definition) is 1. The summed E-state index contributed by atoms with van der Waals surface area (Å²) >= 11 is 0. The molecule has 0 saturated carbocycles. The predicted octanol–water partition coefficient (Wildman–Crippen LogP) is -0.360. The Kier molecular flexibility index (Phi) is 5.57. The third-order valence-corrected chi connectivity index (χ3v) is 7.19. The molecule has 0 unspecified atom stereocenters. The molecule has 0 aliphatic carbocycles. The summed E-state index contributed by atoms with van der Waals surface area (Å²) in [5, 5.41) is 2.30. The van der Waals surface area contributed by atoms with Crippen LogP contribution in [-0.2, 0) is 19.9 Å². The lowest BCUT2D eigenvalue weighted by atomic mass is 9.95. The van der Waals surface area contributed by atoms with Gasteiger partial charge in [0.25, 0.3) is 0 Å². The van der Waals surface area contributed by atoms with Crippen molar-refractivity contribution in [2.45, 2.75) is 19.3 Å². The van der Waals surface area contributed by atoms with E-state index < -0.39 is 24.9 Å². The van der Waals surface area contributed by atoms with Crippen molar-refractivity contribution in [3.63, 3.8) is 0 Å². The number of sulfone groups is 1. The van der Waals surface area contributed by atoms with Crippen molar-refractivity contribution in [2.24, 2.45) is 5.92 Å². The molecule has 1 fully saturated rings. The lowest BCUT2D eigenvalue weighted by Crippen LogP contribution is -2.41. The monoisotopic (exact) mass is 298 g/mol. The number of hydrogen-bond acceptors (Lipinski definition) is 5. The van der Waals surface area contributed by atoms with Crippen LogP contribution in [0.1, 0.15) is 19.3 Å². The molecule has 0 bridgehead atoms. The summed E-state index contributed by atoms with van der Waals surface area (Å²) in [7, 11) is -5.26. The van der Waals surface area contributed by atoms with Crippen LogP contribution in [0.15, 0.2) is 0 Å². The average molecular weight is 298 g/mol. The van der Waals surface area contributed by atoms with Gasteiger partial charge in [0.2, 0.25) is 10.0 Å². The van der Waals surface area contributed by atoms with E-state index in [1.165, 1.54) is 4.31 Å². The summed E-state index contributed by atoms with van der Waals surface area (Å²) in [5.74, 6) is 0.530. The Bertz CT molecular complexity index is 450. The van der Waals surface area contributed by atoms with Crippen molar-refractivity contribution < 1.29 is 16.8 Å². The molecule has 0 aromatic carbocycles. The second-order valence-corrected chi connectivity index (χ2v) is 9.36. The van der Waals surface area contributed by atoms with E-state index >= 15 is 0 Å². The third-order valence-electron chi connectivity index (χ3n) is 3.13. The van der Waals surface area contributed by atoms with Crippen LogP contribution in [-0.4, -0.2) is 59.2 Å². The molecule has 0 amide bonds. The number of piperidine rings is 1. The number of sulfonamides is 1. The largest absolute Gasteiger partial charge is 0.320 e. The topological polar surface area (TPSA) is 83.6 Å². The fourth-order valence-corrected chi connectivity index (χ4v) is 5.70. The maximum Gasteiger partial charge on any atom is 0.228 e. The molecule has 1 aliphatic heterocycles. The van der Waals surface area contributed by atoms with E-state index in [1.54, 1.807) is 0 Å². The van der Waals surface area contributed by atoms with Gasteiger partial charge in [0.15, 0.2) is 14.9 Å². The number of nitrogens with one attached hydrogen (secondary N) is 1. The molecule has 18 heavy (non-hydrogen) atoms. The summed E-state index contributed by atoms with van der Waals surface area (Å²) in [6.45, 7) is 1.80. The smallest absolute Gasteiger partial charge is 0.228 e. The normalized spacial score (nSPS) is 20.1. The Hall–Kier alpha value is -0.180. The highest BCUT2D eigenvalue weighted by atomic mass is 32.3. The molecule has 1 saturated heterocycles. The van der Waals surface area contributed by atoms with E-state index in [1.807, 2.05) is 7.05 Å². The molecular weight excluding hydrogens is 276 g/mol. The quantitative estimate of drug-likeness (QED) is 0.724. The maximum absolute atomic E-state index is 11.9. The van der Waals surface area contributed by atoms with Gasteiger partial charge in [-0.15, -0.1) is 0 Å². The Morgan fingerprint density at radius 1 is 1.17 bits per heavy atom. The summed E-state index contributed by atoms with van der Waals surface area (Å²) in [6, 6.07) is 0. The fourth-order valence-electron chi connectivity index (χ4n) is 2.17. The number of rotatable bonds is 6. The van der Waals surface area contributed by atoms with Crippen LogP contribution in [0.5, 0.6) is 0 Å². The SMILES string of the molecule is CNCCC1CCN(S(=O)(=O)CS(C)(=O)=O)CC1. The minimum Gasteiger partial charge on any atom is -0.320 e. The highest BCUT2D eigenvalue weighted by molar-refractivity contribution is 8.06. The third kappa shape index (κ3) is 5.21. The first-order valence-corrected chi connectivity index (χ1v) is 9.72. The molecule has 0 spiro atoms. The van der Waals surface area contributed by atoms with Crippen LogP contribution in [0.25, 0.3) is 0 Å². The Morgan fingerprint density at radius 3 is 2.17 bits per heavy atom. The molecule has 8 heteroatoms. The predicted molar refractivity (Wildman–Crippen MR) is 71.5 cm³/mol. The summed E-state index contributed by atoms with van der Waals surface area (Å²) in [6.07, 6.45) is 3.61. The van der Waals surface area contributed by atoms with E-state index in [9.17, 15) is 16.8 Å². The Balaban J connectivity index is 2.52. The average Bonchev–Trinajstić information content (AvgIpc) is 2.23.